The van der Waals surface area contributed by atoms with Crippen LogP contribution in [0.3, 0.4) is 0 Å². The Balaban J connectivity index is 3.28. The van der Waals surface area contributed by atoms with E-state index in [1.807, 2.05) is 0 Å². The second-order valence-corrected chi connectivity index (χ2v) is 2.82. The van der Waals surface area contributed by atoms with Gasteiger partial charge in [0.1, 0.15) is 5.75 Å². The molecule has 0 aliphatic rings. The van der Waals surface area contributed by atoms with Gasteiger partial charge in [0, 0.05) is 0 Å². The van der Waals surface area contributed by atoms with Gasteiger partial charge >= 0.3 is 13.3 Å². The summed E-state index contributed by atoms with van der Waals surface area (Å²) in [6.07, 6.45) is -4.62. The molecule has 0 amide bonds. The van der Waals surface area contributed by atoms with Crippen molar-refractivity contribution in [3.63, 3.8) is 0 Å². The zero-order valence-electron chi connectivity index (χ0n) is 7.75. The SMILES string of the molecule is COc1ccc(C(F)(F)F)c(B(O)O)c1. The number of alkyl halides is 3. The summed E-state index contributed by atoms with van der Waals surface area (Å²) in [6, 6.07) is 2.79. The molecule has 0 aromatic heterocycles. The molecule has 0 heterocycles. The average Bonchev–Trinajstić information content (AvgIpc) is 2.15. The van der Waals surface area contributed by atoms with E-state index in [1.54, 1.807) is 0 Å². The highest BCUT2D eigenvalue weighted by Crippen LogP contribution is 2.29. The maximum absolute atomic E-state index is 12.4. The van der Waals surface area contributed by atoms with Gasteiger partial charge in [0.2, 0.25) is 0 Å². The lowest BCUT2D eigenvalue weighted by molar-refractivity contribution is -0.136. The fourth-order valence-electron chi connectivity index (χ4n) is 1.14. The number of hydrogen-bond donors (Lipinski definition) is 2. The number of rotatable bonds is 2. The highest BCUT2D eigenvalue weighted by atomic mass is 19.4. The molecule has 2 N–H and O–H groups in total. The van der Waals surface area contributed by atoms with Crippen LogP contribution in [0, 0.1) is 0 Å². The molecule has 0 fully saturated rings. The minimum absolute atomic E-state index is 0.131. The van der Waals surface area contributed by atoms with E-state index in [2.05, 4.69) is 4.74 Å². The smallest absolute Gasteiger partial charge is 0.489 e. The maximum Gasteiger partial charge on any atom is 0.489 e. The van der Waals surface area contributed by atoms with Crippen LogP contribution in [-0.2, 0) is 6.18 Å². The number of hydrogen-bond acceptors (Lipinski definition) is 3. The second-order valence-electron chi connectivity index (χ2n) is 2.82. The third-order valence-electron chi connectivity index (χ3n) is 1.84. The molecule has 7 heteroatoms. The third kappa shape index (κ3) is 2.63. The molecule has 1 rings (SSSR count). The molecule has 0 bridgehead atoms. The Hall–Kier alpha value is -1.21. The Kier molecular flexibility index (Phi) is 3.26. The quantitative estimate of drug-likeness (QED) is 0.709. The third-order valence-corrected chi connectivity index (χ3v) is 1.84. The van der Waals surface area contributed by atoms with Crippen molar-refractivity contribution in [2.45, 2.75) is 6.18 Å². The lowest BCUT2D eigenvalue weighted by Crippen LogP contribution is -2.36. The van der Waals surface area contributed by atoms with Crippen LogP contribution in [0.5, 0.6) is 5.75 Å². The first-order valence-electron chi connectivity index (χ1n) is 3.97. The van der Waals surface area contributed by atoms with Gasteiger partial charge in [-0.1, -0.05) is 0 Å². The Bertz CT molecular complexity index is 351. The first-order valence-corrected chi connectivity index (χ1v) is 3.97. The summed E-state index contributed by atoms with van der Waals surface area (Å²) in [5, 5.41) is 17.6. The lowest BCUT2D eigenvalue weighted by Gasteiger charge is -2.13. The Labute approximate surface area is 84.3 Å². The zero-order chi connectivity index (χ0) is 11.6. The van der Waals surface area contributed by atoms with Gasteiger partial charge in [-0.2, -0.15) is 13.2 Å². The molecule has 15 heavy (non-hydrogen) atoms. The monoisotopic (exact) mass is 220 g/mol. The molecule has 0 unspecified atom stereocenters. The van der Waals surface area contributed by atoms with Gasteiger partial charge in [-0.15, -0.1) is 0 Å². The minimum Gasteiger partial charge on any atom is -0.497 e. The van der Waals surface area contributed by atoms with E-state index in [-0.39, 0.29) is 5.75 Å². The molecule has 0 saturated heterocycles. The molecule has 0 atom stereocenters. The second kappa shape index (κ2) is 4.12. The van der Waals surface area contributed by atoms with Crippen LogP contribution >= 0.6 is 0 Å². The zero-order valence-corrected chi connectivity index (χ0v) is 7.75. The largest absolute Gasteiger partial charge is 0.497 e. The van der Waals surface area contributed by atoms with Crippen LogP contribution in [0.15, 0.2) is 18.2 Å². The van der Waals surface area contributed by atoms with E-state index < -0.39 is 24.3 Å². The van der Waals surface area contributed by atoms with Gasteiger partial charge in [0.25, 0.3) is 0 Å². The Morgan fingerprint density at radius 1 is 1.27 bits per heavy atom. The fourth-order valence-corrected chi connectivity index (χ4v) is 1.14. The number of ether oxygens (including phenoxy) is 1. The summed E-state index contributed by atoms with van der Waals surface area (Å²) in [4.78, 5) is 0. The van der Waals surface area contributed by atoms with Gasteiger partial charge in [-0.05, 0) is 23.7 Å². The van der Waals surface area contributed by atoms with Crippen LogP contribution in [0.1, 0.15) is 5.56 Å². The number of halogens is 3. The van der Waals surface area contributed by atoms with Crippen molar-refractivity contribution < 1.29 is 28.0 Å². The van der Waals surface area contributed by atoms with E-state index in [0.717, 1.165) is 18.2 Å². The molecule has 1 aromatic carbocycles. The van der Waals surface area contributed by atoms with Crippen LogP contribution < -0.4 is 10.2 Å². The molecule has 1 aromatic rings. The topological polar surface area (TPSA) is 49.7 Å². The highest BCUT2D eigenvalue weighted by molar-refractivity contribution is 6.59. The van der Waals surface area contributed by atoms with Crippen molar-refractivity contribution in [2.75, 3.05) is 7.11 Å². The maximum atomic E-state index is 12.4. The Morgan fingerprint density at radius 2 is 1.87 bits per heavy atom. The molecule has 0 saturated carbocycles. The summed E-state index contributed by atoms with van der Waals surface area (Å²) in [7, 11) is -0.910. The average molecular weight is 220 g/mol. The van der Waals surface area contributed by atoms with E-state index in [1.165, 1.54) is 7.11 Å². The van der Waals surface area contributed by atoms with Gasteiger partial charge < -0.3 is 14.8 Å². The Morgan fingerprint density at radius 3 is 2.27 bits per heavy atom. The van der Waals surface area contributed by atoms with Crippen LogP contribution in [0.2, 0.25) is 0 Å². The fraction of sp³-hybridized carbons (Fsp3) is 0.250. The van der Waals surface area contributed by atoms with Crippen molar-refractivity contribution in [2.24, 2.45) is 0 Å². The van der Waals surface area contributed by atoms with Crippen LogP contribution in [0.25, 0.3) is 0 Å². The van der Waals surface area contributed by atoms with Gasteiger partial charge in [0.15, 0.2) is 0 Å². The van der Waals surface area contributed by atoms with E-state index >= 15 is 0 Å². The first kappa shape index (κ1) is 11.9. The normalized spacial score (nSPS) is 11.3. The molecule has 0 spiro atoms. The molecule has 82 valence electrons. The standard InChI is InChI=1S/C8H8BF3O3/c1-15-5-2-3-6(8(10,11)12)7(4-5)9(13)14/h2-4,13-14H,1H3. The van der Waals surface area contributed by atoms with Crippen molar-refractivity contribution in [1.82, 2.24) is 0 Å². The molecule has 0 aliphatic heterocycles. The molecule has 0 aliphatic carbocycles. The molecule has 3 nitrogen and oxygen atoms in total. The van der Waals surface area contributed by atoms with Gasteiger partial charge in [-0.25, -0.2) is 0 Å². The van der Waals surface area contributed by atoms with E-state index in [9.17, 15) is 13.2 Å². The summed E-state index contributed by atoms with van der Waals surface area (Å²) >= 11 is 0. The minimum atomic E-state index is -4.62. The number of benzene rings is 1. The predicted molar refractivity (Wildman–Crippen MR) is 47.8 cm³/mol. The first-order chi connectivity index (χ1) is 6.86. The van der Waals surface area contributed by atoms with Crippen molar-refractivity contribution in [3.05, 3.63) is 23.8 Å². The van der Waals surface area contributed by atoms with Crippen molar-refractivity contribution in [1.29, 1.82) is 0 Å². The van der Waals surface area contributed by atoms with E-state index in [4.69, 9.17) is 10.0 Å². The highest BCUT2D eigenvalue weighted by Gasteiger charge is 2.36. The summed E-state index contributed by atoms with van der Waals surface area (Å²) < 4.78 is 41.8. The molecule has 0 radical (unpaired) electrons. The van der Waals surface area contributed by atoms with Gasteiger partial charge in [0.05, 0.1) is 12.7 Å². The summed E-state index contributed by atoms with van der Waals surface area (Å²) in [5.74, 6) is 0.131. The summed E-state index contributed by atoms with van der Waals surface area (Å²) in [6.45, 7) is 0. The predicted octanol–water partition coefficient (Wildman–Crippen LogP) is 0.394. The van der Waals surface area contributed by atoms with Crippen LogP contribution in [-0.4, -0.2) is 24.3 Å². The van der Waals surface area contributed by atoms with E-state index in [0.29, 0.717) is 0 Å². The van der Waals surface area contributed by atoms with Crippen LogP contribution in [0.4, 0.5) is 13.2 Å². The van der Waals surface area contributed by atoms with Crippen molar-refractivity contribution in [3.8, 4) is 5.75 Å². The summed E-state index contributed by atoms with van der Waals surface area (Å²) in [5.41, 5.74) is -1.71. The number of methoxy groups -OCH3 is 1. The lowest BCUT2D eigenvalue weighted by atomic mass is 9.76. The molecular formula is C8H8BF3O3. The van der Waals surface area contributed by atoms with Crippen molar-refractivity contribution >= 4 is 12.6 Å². The van der Waals surface area contributed by atoms with Gasteiger partial charge in [-0.3, -0.25) is 0 Å². The molecular weight excluding hydrogens is 212 g/mol.